The summed E-state index contributed by atoms with van der Waals surface area (Å²) in [7, 11) is 0. The summed E-state index contributed by atoms with van der Waals surface area (Å²) in [5.74, 6) is 1.17. The highest BCUT2D eigenvalue weighted by Gasteiger charge is 2.24. The van der Waals surface area contributed by atoms with Crippen molar-refractivity contribution in [3.63, 3.8) is 0 Å². The van der Waals surface area contributed by atoms with Gasteiger partial charge in [0.05, 0.1) is 5.92 Å². The average molecular weight is 417 g/mol. The number of benzene rings is 2. The number of hydrogen-bond donors (Lipinski definition) is 3. The van der Waals surface area contributed by atoms with Crippen LogP contribution in [0.2, 0.25) is 0 Å². The van der Waals surface area contributed by atoms with Gasteiger partial charge in [-0.25, -0.2) is 9.97 Å². The minimum Gasteiger partial charge on any atom is -0.393 e. The molecular formula is C24H28N6O. The molecule has 3 aromatic rings. The van der Waals surface area contributed by atoms with Crippen LogP contribution in [-0.2, 0) is 4.79 Å². The van der Waals surface area contributed by atoms with Gasteiger partial charge >= 0.3 is 0 Å². The van der Waals surface area contributed by atoms with E-state index in [0.29, 0.717) is 23.2 Å². The molecule has 31 heavy (non-hydrogen) atoms. The fraction of sp³-hybridized carbons (Fsp3) is 0.292. The maximum Gasteiger partial charge on any atom is 0.250 e. The van der Waals surface area contributed by atoms with E-state index in [2.05, 4.69) is 32.6 Å². The van der Waals surface area contributed by atoms with Crippen molar-refractivity contribution in [2.75, 3.05) is 29.1 Å². The van der Waals surface area contributed by atoms with E-state index in [9.17, 15) is 4.79 Å². The van der Waals surface area contributed by atoms with Crippen LogP contribution in [0.25, 0.3) is 0 Å². The van der Waals surface area contributed by atoms with Gasteiger partial charge < -0.3 is 10.6 Å². The van der Waals surface area contributed by atoms with Crippen LogP contribution in [0.1, 0.15) is 36.8 Å². The van der Waals surface area contributed by atoms with Crippen LogP contribution in [0, 0.1) is 5.92 Å². The highest BCUT2D eigenvalue weighted by atomic mass is 16.2. The quantitative estimate of drug-likeness (QED) is 0.532. The molecule has 2 heterocycles. The molecule has 160 valence electrons. The van der Waals surface area contributed by atoms with Gasteiger partial charge in [0.25, 0.3) is 0 Å². The first-order chi connectivity index (χ1) is 15.1. The van der Waals surface area contributed by atoms with E-state index in [1.165, 1.54) is 6.33 Å². The monoisotopic (exact) mass is 416 g/mol. The number of amides is 1. The first-order valence-electron chi connectivity index (χ1n) is 10.6. The summed E-state index contributed by atoms with van der Waals surface area (Å²) in [4.78, 5) is 24.0. The highest BCUT2D eigenvalue weighted by Crippen LogP contribution is 2.30. The molecule has 2 aromatic carbocycles. The molecule has 1 fully saturated rings. The second-order valence-corrected chi connectivity index (χ2v) is 8.00. The molecule has 1 aliphatic heterocycles. The van der Waals surface area contributed by atoms with E-state index in [1.807, 2.05) is 60.7 Å². The molecule has 0 atom stereocenters. The van der Waals surface area contributed by atoms with Gasteiger partial charge in [-0.3, -0.25) is 15.6 Å². The summed E-state index contributed by atoms with van der Waals surface area (Å²) in [6, 6.07) is 19.4. The zero-order chi connectivity index (χ0) is 21.6. The number of rotatable bonds is 6. The second kappa shape index (κ2) is 9.47. The topological polar surface area (TPSA) is 96.2 Å². The number of hydrogen-bond acceptors (Lipinski definition) is 6. The van der Waals surface area contributed by atoms with Gasteiger partial charge in [0.2, 0.25) is 5.91 Å². The molecule has 0 radical (unpaired) electrons. The third-order valence-corrected chi connectivity index (χ3v) is 5.78. The number of aromatic nitrogens is 2. The van der Waals surface area contributed by atoms with Gasteiger partial charge in [-0.05, 0) is 29.9 Å². The lowest BCUT2D eigenvalue weighted by Crippen LogP contribution is -2.36. The van der Waals surface area contributed by atoms with Crippen molar-refractivity contribution in [1.29, 1.82) is 0 Å². The number of carbonyl (C=O) groups excluding carboxylic acids is 1. The third kappa shape index (κ3) is 4.77. The molecule has 7 heteroatoms. The number of hydrazine groups is 1. The summed E-state index contributed by atoms with van der Waals surface area (Å²) >= 11 is 0. The van der Waals surface area contributed by atoms with Crippen LogP contribution in [0.4, 0.5) is 17.3 Å². The molecule has 1 aromatic heterocycles. The fourth-order valence-corrected chi connectivity index (χ4v) is 3.94. The smallest absolute Gasteiger partial charge is 0.250 e. The molecular weight excluding hydrogens is 388 g/mol. The number of nitrogen functional groups attached to an aromatic ring is 1. The zero-order valence-corrected chi connectivity index (χ0v) is 17.7. The second-order valence-electron chi connectivity index (χ2n) is 8.00. The Labute approximate surface area is 182 Å². The lowest BCUT2D eigenvalue weighted by atomic mass is 9.91. The van der Waals surface area contributed by atoms with Gasteiger partial charge in [-0.2, -0.15) is 0 Å². The van der Waals surface area contributed by atoms with Crippen molar-refractivity contribution in [3.05, 3.63) is 78.1 Å². The van der Waals surface area contributed by atoms with E-state index in [-0.39, 0.29) is 5.91 Å². The van der Waals surface area contributed by atoms with Crippen molar-refractivity contribution in [3.8, 4) is 0 Å². The summed E-state index contributed by atoms with van der Waals surface area (Å²) in [6.45, 7) is 4.09. The normalized spacial score (nSPS) is 14.5. The average Bonchev–Trinajstić information content (AvgIpc) is 2.81. The molecule has 0 aliphatic carbocycles. The predicted molar refractivity (Wildman–Crippen MR) is 124 cm³/mol. The van der Waals surface area contributed by atoms with Gasteiger partial charge in [0.1, 0.15) is 12.0 Å². The van der Waals surface area contributed by atoms with Crippen LogP contribution < -0.4 is 21.5 Å². The van der Waals surface area contributed by atoms with E-state index in [4.69, 9.17) is 5.73 Å². The predicted octanol–water partition coefficient (Wildman–Crippen LogP) is 3.57. The minimum absolute atomic E-state index is 0.191. The zero-order valence-electron chi connectivity index (χ0n) is 17.7. The Balaban J connectivity index is 1.51. The molecule has 4 rings (SSSR count). The van der Waals surface area contributed by atoms with Crippen LogP contribution in [0.5, 0.6) is 0 Å². The van der Waals surface area contributed by atoms with Gasteiger partial charge in [-0.1, -0.05) is 67.6 Å². The Hall–Kier alpha value is -3.61. The molecule has 1 amide bonds. The van der Waals surface area contributed by atoms with E-state index in [1.54, 1.807) is 0 Å². The minimum atomic E-state index is -0.457. The maximum atomic E-state index is 13.2. The van der Waals surface area contributed by atoms with Crippen LogP contribution in [-0.4, -0.2) is 29.0 Å². The number of nitrogens with one attached hydrogen (secondary N) is 2. The first-order valence-corrected chi connectivity index (χ1v) is 10.6. The Morgan fingerprint density at radius 2 is 1.58 bits per heavy atom. The number of piperidine rings is 1. The van der Waals surface area contributed by atoms with Crippen molar-refractivity contribution < 1.29 is 4.79 Å². The summed E-state index contributed by atoms with van der Waals surface area (Å²) < 4.78 is 0. The van der Waals surface area contributed by atoms with Crippen molar-refractivity contribution in [1.82, 2.24) is 15.4 Å². The highest BCUT2D eigenvalue weighted by molar-refractivity contribution is 5.88. The Morgan fingerprint density at radius 1 is 1.00 bits per heavy atom. The summed E-state index contributed by atoms with van der Waals surface area (Å²) in [5, 5.41) is 0. The molecule has 0 unspecified atom stereocenters. The Bertz CT molecular complexity index is 964. The van der Waals surface area contributed by atoms with Crippen LogP contribution in [0.15, 0.2) is 67.0 Å². The van der Waals surface area contributed by atoms with Crippen molar-refractivity contribution in [2.45, 2.75) is 25.7 Å². The number of carbonyl (C=O) groups is 1. The molecule has 1 saturated heterocycles. The Morgan fingerprint density at radius 3 is 2.16 bits per heavy atom. The SMILES string of the molecule is CC1CCN(c2ncnc(NNC(=O)C(c3ccccc3)c3ccccc3)c2N)CC1. The molecule has 0 bridgehead atoms. The lowest BCUT2D eigenvalue weighted by Gasteiger charge is -2.32. The summed E-state index contributed by atoms with van der Waals surface area (Å²) in [6.07, 6.45) is 3.70. The third-order valence-electron chi connectivity index (χ3n) is 5.78. The van der Waals surface area contributed by atoms with Gasteiger partial charge in [0.15, 0.2) is 11.6 Å². The largest absolute Gasteiger partial charge is 0.393 e. The van der Waals surface area contributed by atoms with Crippen molar-refractivity contribution >= 4 is 23.2 Å². The van der Waals surface area contributed by atoms with E-state index < -0.39 is 5.92 Å². The van der Waals surface area contributed by atoms with Gasteiger partial charge in [-0.15, -0.1) is 0 Å². The molecule has 7 nitrogen and oxygen atoms in total. The summed E-state index contributed by atoms with van der Waals surface area (Å²) in [5.41, 5.74) is 14.3. The number of nitrogens with two attached hydrogens (primary N) is 1. The Kier molecular flexibility index (Phi) is 6.31. The van der Waals surface area contributed by atoms with Gasteiger partial charge in [0, 0.05) is 13.1 Å². The molecule has 4 N–H and O–H groups in total. The van der Waals surface area contributed by atoms with Crippen LogP contribution >= 0.6 is 0 Å². The number of nitrogens with zero attached hydrogens (tertiary/aromatic N) is 3. The number of anilines is 3. The molecule has 0 spiro atoms. The fourth-order valence-electron chi connectivity index (χ4n) is 3.94. The lowest BCUT2D eigenvalue weighted by molar-refractivity contribution is -0.121. The standard InChI is InChI=1S/C24H28N6O/c1-17-12-14-30(15-13-17)23-21(25)22(26-16-27-23)28-29-24(31)20(18-8-4-2-5-9-18)19-10-6-3-7-11-19/h2-11,16-17,20H,12-15,25H2,1H3,(H,29,31)(H,26,27,28). The molecule has 1 aliphatic rings. The van der Waals surface area contributed by atoms with E-state index in [0.717, 1.165) is 37.1 Å². The first kappa shape index (κ1) is 20.7. The molecule has 0 saturated carbocycles. The maximum absolute atomic E-state index is 13.2. The van der Waals surface area contributed by atoms with Crippen molar-refractivity contribution in [2.24, 2.45) is 5.92 Å². The van der Waals surface area contributed by atoms with Crippen LogP contribution in [0.3, 0.4) is 0 Å². The van der Waals surface area contributed by atoms with E-state index >= 15 is 0 Å².